The van der Waals surface area contributed by atoms with Gasteiger partial charge in [0.25, 0.3) is 5.56 Å². The van der Waals surface area contributed by atoms with Crippen molar-refractivity contribution in [3.05, 3.63) is 34.7 Å². The fourth-order valence-electron chi connectivity index (χ4n) is 2.94. The molecule has 162 valence electrons. The molecule has 0 saturated heterocycles. The second-order valence-corrected chi connectivity index (χ2v) is 9.61. The first-order chi connectivity index (χ1) is 14.3. The van der Waals surface area contributed by atoms with E-state index in [0.717, 1.165) is 0 Å². The molecule has 2 heterocycles. The number of hydrogen-bond acceptors (Lipinski definition) is 7. The smallest absolute Gasteiger partial charge is 0.434 e. The van der Waals surface area contributed by atoms with Crippen molar-refractivity contribution in [2.45, 2.75) is 18.2 Å². The summed E-state index contributed by atoms with van der Waals surface area (Å²) in [6, 6.07) is 4.44. The van der Waals surface area contributed by atoms with E-state index in [4.69, 9.17) is 9.47 Å². The van der Waals surface area contributed by atoms with Crippen molar-refractivity contribution in [3.63, 3.8) is 0 Å². The monoisotopic (exact) mass is 453 g/mol. The van der Waals surface area contributed by atoms with Crippen molar-refractivity contribution in [2.24, 2.45) is 0 Å². The van der Waals surface area contributed by atoms with Gasteiger partial charge in [0.15, 0.2) is 5.75 Å². The first-order valence-corrected chi connectivity index (χ1v) is 12.1. The molecule has 9 nitrogen and oxygen atoms in total. The topological polar surface area (TPSA) is 122 Å². The Bertz CT molecular complexity index is 1230. The van der Waals surface area contributed by atoms with Crippen molar-refractivity contribution in [3.8, 4) is 5.75 Å². The van der Waals surface area contributed by atoms with Crippen molar-refractivity contribution in [2.75, 3.05) is 32.2 Å². The summed E-state index contributed by atoms with van der Waals surface area (Å²) in [6.07, 6.45) is 3.02. The van der Waals surface area contributed by atoms with Crippen LogP contribution in [0.2, 0.25) is 0 Å². The lowest BCUT2D eigenvalue weighted by Crippen LogP contribution is -2.29. The number of aromatic amines is 2. The fourth-order valence-corrected chi connectivity index (χ4v) is 4.71. The summed E-state index contributed by atoms with van der Waals surface area (Å²) in [5.41, 5.74) is 0.178. The van der Waals surface area contributed by atoms with Crippen LogP contribution in [0.3, 0.4) is 0 Å². The second-order valence-electron chi connectivity index (χ2n) is 6.58. The van der Waals surface area contributed by atoms with Gasteiger partial charge in [-0.3, -0.25) is 4.79 Å². The van der Waals surface area contributed by atoms with Crippen LogP contribution in [-0.4, -0.2) is 61.1 Å². The molecule has 2 aromatic heterocycles. The van der Waals surface area contributed by atoms with Gasteiger partial charge in [-0.05, 0) is 30.9 Å². The van der Waals surface area contributed by atoms with Gasteiger partial charge in [0.1, 0.15) is 5.52 Å². The molecule has 0 spiro atoms. The van der Waals surface area contributed by atoms with Gasteiger partial charge < -0.3 is 19.4 Å². The van der Waals surface area contributed by atoms with E-state index in [2.05, 4.69) is 9.97 Å². The van der Waals surface area contributed by atoms with Gasteiger partial charge in [0.05, 0.1) is 16.9 Å². The Balaban J connectivity index is 2.12. The number of fused-ring (bicyclic) bond motifs is 3. The summed E-state index contributed by atoms with van der Waals surface area (Å²) in [7, 11) is -2.21. The average Bonchev–Trinajstić information content (AvgIpc) is 3.14. The predicted molar refractivity (Wildman–Crippen MR) is 117 cm³/mol. The van der Waals surface area contributed by atoms with Crippen molar-refractivity contribution >= 4 is 49.7 Å². The Morgan fingerprint density at radius 3 is 2.77 bits per heavy atom. The van der Waals surface area contributed by atoms with Crippen LogP contribution in [0.5, 0.6) is 5.75 Å². The number of benzene rings is 1. The molecule has 3 rings (SSSR count). The van der Waals surface area contributed by atoms with Crippen molar-refractivity contribution in [1.82, 2.24) is 14.3 Å². The molecule has 11 heteroatoms. The minimum atomic E-state index is -3.73. The predicted octanol–water partition coefficient (Wildman–Crippen LogP) is 2.92. The normalized spacial score (nSPS) is 12.0. The SMILES string of the molecule is CCCOC(=O)Oc1c[nH]c2c(=O)[nH]c3ccc(S(=O)(=O)N(C)CCSC)cc3c12. The molecular weight excluding hydrogens is 430 g/mol. The number of thioether (sulfide) groups is 1. The largest absolute Gasteiger partial charge is 0.513 e. The molecule has 2 N–H and O–H groups in total. The third-order valence-electron chi connectivity index (χ3n) is 4.52. The third kappa shape index (κ3) is 4.32. The number of aromatic nitrogens is 2. The van der Waals surface area contributed by atoms with Crippen molar-refractivity contribution in [1.29, 1.82) is 0 Å². The van der Waals surface area contributed by atoms with E-state index in [0.29, 0.717) is 35.0 Å². The van der Waals surface area contributed by atoms with Gasteiger partial charge in [-0.15, -0.1) is 0 Å². The summed E-state index contributed by atoms with van der Waals surface area (Å²) in [4.78, 5) is 29.8. The number of ether oxygens (including phenoxy) is 2. The Hall–Kier alpha value is -2.50. The zero-order valence-corrected chi connectivity index (χ0v) is 18.5. The average molecular weight is 454 g/mol. The lowest BCUT2D eigenvalue weighted by molar-refractivity contribution is 0.0997. The third-order valence-corrected chi connectivity index (χ3v) is 6.96. The minimum absolute atomic E-state index is 0.0765. The molecule has 30 heavy (non-hydrogen) atoms. The zero-order valence-electron chi connectivity index (χ0n) is 16.9. The maximum Gasteiger partial charge on any atom is 0.513 e. The van der Waals surface area contributed by atoms with Gasteiger partial charge in [0.2, 0.25) is 10.0 Å². The van der Waals surface area contributed by atoms with Crippen LogP contribution in [0.4, 0.5) is 4.79 Å². The molecule has 3 aromatic rings. The van der Waals surface area contributed by atoms with Crippen molar-refractivity contribution < 1.29 is 22.7 Å². The quantitative estimate of drug-likeness (QED) is 0.503. The summed E-state index contributed by atoms with van der Waals surface area (Å²) in [5, 5.41) is 0.745. The first kappa shape index (κ1) is 22.2. The number of nitrogens with one attached hydrogen (secondary N) is 2. The summed E-state index contributed by atoms with van der Waals surface area (Å²) < 4.78 is 37.3. The Morgan fingerprint density at radius 1 is 1.30 bits per heavy atom. The van der Waals surface area contributed by atoms with Crippen LogP contribution in [-0.2, 0) is 14.8 Å². The first-order valence-electron chi connectivity index (χ1n) is 9.26. The number of carbonyl (C=O) groups excluding carboxylic acids is 1. The number of H-pyrrole nitrogens is 2. The van der Waals surface area contributed by atoms with Crippen LogP contribution >= 0.6 is 11.8 Å². The maximum atomic E-state index is 12.9. The van der Waals surface area contributed by atoms with Crippen LogP contribution in [0, 0.1) is 0 Å². The van der Waals surface area contributed by atoms with Crippen LogP contribution < -0.4 is 10.3 Å². The van der Waals surface area contributed by atoms with Gasteiger partial charge in [-0.2, -0.15) is 11.8 Å². The van der Waals surface area contributed by atoms with Gasteiger partial charge in [-0.1, -0.05) is 6.92 Å². The standard InChI is InChI=1S/C19H23N3O6S2/c1-4-8-27-19(24)28-15-11-20-17-16(15)13-10-12(5-6-14(13)21-18(17)23)30(25,26)22(2)7-9-29-3/h5-6,10-11,20H,4,7-9H2,1-3H3,(H,21,23). The highest BCUT2D eigenvalue weighted by Crippen LogP contribution is 2.32. The molecule has 1 aromatic carbocycles. The number of pyridine rings is 1. The number of carbonyl (C=O) groups is 1. The van der Waals surface area contributed by atoms with Crippen LogP contribution in [0.15, 0.2) is 34.1 Å². The van der Waals surface area contributed by atoms with E-state index in [9.17, 15) is 18.0 Å². The zero-order chi connectivity index (χ0) is 21.9. The molecular formula is C19H23N3O6S2. The van der Waals surface area contributed by atoms with E-state index < -0.39 is 21.7 Å². The Labute approximate surface area is 177 Å². The maximum absolute atomic E-state index is 12.9. The fraction of sp³-hybridized carbons (Fsp3) is 0.368. The highest BCUT2D eigenvalue weighted by atomic mass is 32.2. The summed E-state index contributed by atoms with van der Waals surface area (Å²) >= 11 is 1.55. The molecule has 0 saturated carbocycles. The molecule has 0 fully saturated rings. The van der Waals surface area contributed by atoms with E-state index in [-0.39, 0.29) is 22.8 Å². The molecule has 0 bridgehead atoms. The Morgan fingerprint density at radius 2 is 2.07 bits per heavy atom. The molecule has 0 atom stereocenters. The number of hydrogen-bond donors (Lipinski definition) is 2. The highest BCUT2D eigenvalue weighted by Gasteiger charge is 2.23. The number of nitrogens with zero attached hydrogens (tertiary/aromatic N) is 1. The molecule has 0 unspecified atom stereocenters. The second kappa shape index (κ2) is 9.11. The van der Waals surface area contributed by atoms with E-state index in [1.807, 2.05) is 13.2 Å². The molecule has 0 aliphatic carbocycles. The summed E-state index contributed by atoms with van der Waals surface area (Å²) in [6.45, 7) is 2.42. The summed E-state index contributed by atoms with van der Waals surface area (Å²) in [5.74, 6) is 0.754. The van der Waals surface area contributed by atoms with Crippen LogP contribution in [0.1, 0.15) is 13.3 Å². The minimum Gasteiger partial charge on any atom is -0.434 e. The molecule has 0 aliphatic rings. The van der Waals surface area contributed by atoms with E-state index in [1.165, 1.54) is 35.7 Å². The van der Waals surface area contributed by atoms with E-state index >= 15 is 0 Å². The number of sulfonamides is 1. The number of rotatable bonds is 8. The lowest BCUT2D eigenvalue weighted by atomic mass is 10.1. The van der Waals surface area contributed by atoms with Gasteiger partial charge in [-0.25, -0.2) is 17.5 Å². The van der Waals surface area contributed by atoms with Gasteiger partial charge >= 0.3 is 6.16 Å². The Kier molecular flexibility index (Phi) is 6.74. The van der Waals surface area contributed by atoms with Crippen LogP contribution in [0.25, 0.3) is 21.8 Å². The van der Waals surface area contributed by atoms with Gasteiger partial charge in [0, 0.05) is 36.4 Å². The highest BCUT2D eigenvalue weighted by molar-refractivity contribution is 7.98. The molecule has 0 amide bonds. The van der Waals surface area contributed by atoms with E-state index in [1.54, 1.807) is 11.8 Å². The molecule has 0 aliphatic heterocycles. The lowest BCUT2D eigenvalue weighted by Gasteiger charge is -2.17. The molecule has 0 radical (unpaired) electrons.